The zero-order chi connectivity index (χ0) is 51.1. The second kappa shape index (κ2) is 23.1. The lowest BCUT2D eigenvalue weighted by atomic mass is 9.67. The minimum Gasteiger partial charge on any atom is -0.490 e. The molecule has 1 spiro atoms. The first-order chi connectivity index (χ1) is 35.5. The average molecular weight is 1010 g/mol. The van der Waals surface area contributed by atoms with Crippen LogP contribution >= 0.6 is 12.6 Å². The Kier molecular flexibility index (Phi) is 16.6. The number of unbranched alkanes of at least 4 members (excludes halogenated alkanes) is 1. The molecule has 5 aromatic rings. The zero-order valence-corrected chi connectivity index (χ0v) is 44.9. The Morgan fingerprint density at radius 2 is 1.45 bits per heavy atom. The molecule has 73 heavy (non-hydrogen) atoms. The second-order valence-electron chi connectivity index (χ2n) is 21.4. The highest BCUT2D eigenvalue weighted by molar-refractivity contribution is 7.80. The number of rotatable bonds is 20. The maximum atomic E-state index is 13.0. The van der Waals surface area contributed by atoms with Crippen LogP contribution in [-0.2, 0) is 39.6 Å². The van der Waals surface area contributed by atoms with Crippen molar-refractivity contribution >= 4 is 47.1 Å². The van der Waals surface area contributed by atoms with E-state index < -0.39 is 23.1 Å². The van der Waals surface area contributed by atoms with Crippen molar-refractivity contribution in [3.63, 3.8) is 0 Å². The molecule has 9 nitrogen and oxygen atoms in total. The third-order valence-corrected chi connectivity index (χ3v) is 17.3. The average Bonchev–Trinajstić information content (AvgIpc) is 3.72. The van der Waals surface area contributed by atoms with Crippen LogP contribution in [0.1, 0.15) is 146 Å². The summed E-state index contributed by atoms with van der Waals surface area (Å²) >= 11 is 4.55. The first-order valence-electron chi connectivity index (χ1n) is 27.3. The SMILES string of the molecule is CCCCC(C)(CS)OCC(C)C(C)(CC)OC(=O)CCC(=O)OCCOc1ccc(C2(c3ccc(N4CCOCC4)cc3)C=Cc3c4c(c5ccccc5c3O2)-c2ccccc2C42CCCCCCC2)cc1. The molecule has 10 heteroatoms. The van der Waals surface area contributed by atoms with Gasteiger partial charge in [-0.3, -0.25) is 9.59 Å². The summed E-state index contributed by atoms with van der Waals surface area (Å²) in [6.45, 7) is 14.0. The molecular weight excluding hydrogens is 931 g/mol. The van der Waals surface area contributed by atoms with Gasteiger partial charge >= 0.3 is 11.9 Å². The summed E-state index contributed by atoms with van der Waals surface area (Å²) in [5.74, 6) is 1.23. The van der Waals surface area contributed by atoms with Gasteiger partial charge in [0.2, 0.25) is 0 Å². The van der Waals surface area contributed by atoms with Crippen molar-refractivity contribution in [1.29, 1.82) is 0 Å². The van der Waals surface area contributed by atoms with Crippen molar-refractivity contribution in [2.75, 3.05) is 56.8 Å². The molecule has 0 aromatic heterocycles. The van der Waals surface area contributed by atoms with E-state index in [4.69, 9.17) is 28.4 Å². The van der Waals surface area contributed by atoms with E-state index in [-0.39, 0.29) is 43.0 Å². The van der Waals surface area contributed by atoms with E-state index in [0.29, 0.717) is 24.5 Å². The fourth-order valence-electron chi connectivity index (χ4n) is 11.8. The van der Waals surface area contributed by atoms with E-state index >= 15 is 0 Å². The molecule has 2 aliphatic heterocycles. The Morgan fingerprint density at radius 1 is 0.795 bits per heavy atom. The van der Waals surface area contributed by atoms with E-state index in [0.717, 1.165) is 80.7 Å². The number of ether oxygens (including phenoxy) is 6. The number of nitrogens with zero attached hydrogens (tertiary/aromatic N) is 1. The highest BCUT2D eigenvalue weighted by Crippen LogP contribution is 2.61. The summed E-state index contributed by atoms with van der Waals surface area (Å²) in [4.78, 5) is 28.2. The number of hydrogen-bond acceptors (Lipinski definition) is 10. The monoisotopic (exact) mass is 1010 g/mol. The van der Waals surface area contributed by atoms with Crippen LogP contribution in [0.3, 0.4) is 0 Å². The van der Waals surface area contributed by atoms with Gasteiger partial charge in [0.05, 0.1) is 38.3 Å². The van der Waals surface area contributed by atoms with Crippen LogP contribution < -0.4 is 14.4 Å². The molecule has 0 amide bonds. The van der Waals surface area contributed by atoms with E-state index in [1.54, 1.807) is 0 Å². The van der Waals surface area contributed by atoms with E-state index in [9.17, 15) is 9.59 Å². The van der Waals surface area contributed by atoms with Gasteiger partial charge in [-0.2, -0.15) is 12.6 Å². The maximum Gasteiger partial charge on any atom is 0.306 e. The number of hydrogen-bond donors (Lipinski definition) is 1. The largest absolute Gasteiger partial charge is 0.490 e. The first-order valence-corrected chi connectivity index (χ1v) is 28.0. The van der Waals surface area contributed by atoms with Crippen molar-refractivity contribution in [2.24, 2.45) is 5.92 Å². The van der Waals surface area contributed by atoms with Crippen LogP contribution in [0.2, 0.25) is 0 Å². The molecule has 0 N–H and O–H groups in total. The molecule has 0 bridgehead atoms. The third kappa shape index (κ3) is 11.0. The molecule has 5 aromatic carbocycles. The molecule has 4 unspecified atom stereocenters. The fourth-order valence-corrected chi connectivity index (χ4v) is 12.1. The van der Waals surface area contributed by atoms with Crippen LogP contribution in [0, 0.1) is 5.92 Å². The summed E-state index contributed by atoms with van der Waals surface area (Å²) < 4.78 is 37.4. The summed E-state index contributed by atoms with van der Waals surface area (Å²) in [6, 6.07) is 35.0. The van der Waals surface area contributed by atoms with Gasteiger partial charge in [0.1, 0.15) is 30.3 Å². The second-order valence-corrected chi connectivity index (χ2v) is 21.7. The lowest BCUT2D eigenvalue weighted by molar-refractivity contribution is -0.170. The molecule has 2 heterocycles. The van der Waals surface area contributed by atoms with Gasteiger partial charge in [-0.1, -0.05) is 145 Å². The van der Waals surface area contributed by atoms with Crippen molar-refractivity contribution < 1.29 is 38.0 Å². The molecule has 4 atom stereocenters. The van der Waals surface area contributed by atoms with Gasteiger partial charge in [0.15, 0.2) is 5.60 Å². The number of thiol groups is 1. The van der Waals surface area contributed by atoms with Gasteiger partial charge in [0.25, 0.3) is 0 Å². The number of carbonyl (C=O) groups excluding carboxylic acids is 2. The molecule has 0 radical (unpaired) electrons. The third-order valence-electron chi connectivity index (χ3n) is 16.6. The predicted molar refractivity (Wildman–Crippen MR) is 296 cm³/mol. The van der Waals surface area contributed by atoms with Gasteiger partial charge in [0, 0.05) is 57.9 Å². The Bertz CT molecular complexity index is 2720. The van der Waals surface area contributed by atoms with Crippen LogP contribution in [0.5, 0.6) is 11.5 Å². The minimum atomic E-state index is -0.954. The van der Waals surface area contributed by atoms with Crippen molar-refractivity contribution in [3.05, 3.63) is 131 Å². The van der Waals surface area contributed by atoms with Crippen molar-refractivity contribution in [3.8, 4) is 22.6 Å². The Hall–Kier alpha value is -5.29. The lowest BCUT2D eigenvalue weighted by Crippen LogP contribution is -2.42. The Balaban J connectivity index is 0.910. The molecule has 388 valence electrons. The van der Waals surface area contributed by atoms with Crippen LogP contribution in [0.15, 0.2) is 103 Å². The van der Waals surface area contributed by atoms with Crippen molar-refractivity contribution in [1.82, 2.24) is 0 Å². The molecule has 2 aliphatic carbocycles. The quantitative estimate of drug-likeness (QED) is 0.0465. The van der Waals surface area contributed by atoms with Gasteiger partial charge in [-0.05, 0) is 97.5 Å². The molecule has 1 saturated heterocycles. The summed E-state index contributed by atoms with van der Waals surface area (Å²) in [5.41, 5.74) is 7.90. The number of fused-ring (bicyclic) bond motifs is 10. The lowest BCUT2D eigenvalue weighted by Gasteiger charge is -2.40. The standard InChI is InChI=1S/C63H77NO8S/c1-6-8-33-60(4,44-73)70-43-45(3)61(5,7-2)71-56(66)31-30-55(65)69-42-41-68-49-28-24-47(25-29-49)63(46-22-26-48(27-23-46)64-37-39-67-40-38-64)36-32-53-58-57(50-18-12-13-19-51(50)59(53)72-63)52-20-14-15-21-54(52)62(58)34-16-10-9-11-17-35-62/h12-15,18-29,32,36,45,73H,6-11,16-17,30-31,33-35,37-44H2,1-5H3. The molecule has 2 fully saturated rings. The smallest absolute Gasteiger partial charge is 0.306 e. The summed E-state index contributed by atoms with van der Waals surface area (Å²) in [7, 11) is 0. The van der Waals surface area contributed by atoms with Crippen LogP contribution in [-0.4, -0.2) is 75.0 Å². The van der Waals surface area contributed by atoms with Crippen molar-refractivity contribution in [2.45, 2.75) is 140 Å². The zero-order valence-electron chi connectivity index (χ0n) is 44.0. The highest BCUT2D eigenvalue weighted by Gasteiger charge is 2.48. The molecule has 1 saturated carbocycles. The maximum absolute atomic E-state index is 13.0. The van der Waals surface area contributed by atoms with Gasteiger partial charge < -0.3 is 33.3 Å². The van der Waals surface area contributed by atoms with Crippen LogP contribution in [0.25, 0.3) is 28.0 Å². The van der Waals surface area contributed by atoms with E-state index in [1.807, 2.05) is 32.9 Å². The highest BCUT2D eigenvalue weighted by atomic mass is 32.1. The molecule has 4 aliphatic rings. The molecular formula is C63H77NO8S. The van der Waals surface area contributed by atoms with Gasteiger partial charge in [-0.25, -0.2) is 0 Å². The minimum absolute atomic E-state index is 0.0451. The number of anilines is 1. The summed E-state index contributed by atoms with van der Waals surface area (Å²) in [6.07, 6.45) is 16.7. The number of morpholine rings is 1. The molecule has 9 rings (SSSR count). The Labute approximate surface area is 439 Å². The van der Waals surface area contributed by atoms with E-state index in [2.05, 4.69) is 128 Å². The normalized spacial score (nSPS) is 20.1. The topological polar surface area (TPSA) is 92.8 Å². The predicted octanol–water partition coefficient (Wildman–Crippen LogP) is 14.0. The number of esters is 2. The first kappa shape index (κ1) is 52.6. The summed E-state index contributed by atoms with van der Waals surface area (Å²) in [5, 5.41) is 2.35. The van der Waals surface area contributed by atoms with Crippen LogP contribution in [0.4, 0.5) is 5.69 Å². The number of benzene rings is 5. The van der Waals surface area contributed by atoms with E-state index in [1.165, 1.54) is 71.0 Å². The Morgan fingerprint density at radius 3 is 2.15 bits per heavy atom. The fraction of sp³-hybridized carbons (Fsp3) is 0.492. The van der Waals surface area contributed by atoms with Gasteiger partial charge in [-0.15, -0.1) is 0 Å². The number of carbonyl (C=O) groups is 2.